The molecule has 1 saturated carbocycles. The predicted molar refractivity (Wildman–Crippen MR) is 83.9 cm³/mol. The van der Waals surface area contributed by atoms with Crippen LogP contribution in [0.2, 0.25) is 0 Å². The quantitative estimate of drug-likeness (QED) is 0.622. The molecule has 0 spiro atoms. The van der Waals surface area contributed by atoms with Gasteiger partial charge in [-0.15, -0.1) is 0 Å². The molecule has 3 rings (SSSR count). The lowest BCUT2D eigenvalue weighted by molar-refractivity contribution is -0.383. The van der Waals surface area contributed by atoms with Gasteiger partial charge in [0, 0.05) is 31.7 Å². The average molecular weight is 290 g/mol. The molecule has 6 nitrogen and oxygen atoms in total. The Morgan fingerprint density at radius 1 is 1.33 bits per heavy atom. The molecule has 1 heterocycles. The Labute approximate surface area is 124 Å². The molecular weight excluding hydrogens is 268 g/mol. The van der Waals surface area contributed by atoms with E-state index in [1.165, 1.54) is 12.8 Å². The van der Waals surface area contributed by atoms with Gasteiger partial charge in [-0.1, -0.05) is 6.07 Å². The zero-order valence-corrected chi connectivity index (χ0v) is 12.3. The largest absolute Gasteiger partial charge is 0.380 e. The lowest BCUT2D eigenvalue weighted by atomic mass is 10.2. The van der Waals surface area contributed by atoms with Crippen LogP contribution in [0.3, 0.4) is 0 Å². The van der Waals surface area contributed by atoms with Gasteiger partial charge in [-0.05, 0) is 38.3 Å². The lowest BCUT2D eigenvalue weighted by Gasteiger charge is -2.17. The summed E-state index contributed by atoms with van der Waals surface area (Å²) < 4.78 is 0. The van der Waals surface area contributed by atoms with Crippen LogP contribution in [-0.4, -0.2) is 41.5 Å². The zero-order valence-electron chi connectivity index (χ0n) is 12.3. The standard InChI is InChI=1S/C15H22N4O2/c1-2-16-13-4-3-5-14(15(13)19(20)21)17-11-8-9-18(10-11)12-6-7-12/h3-5,11-12,16-17H,2,6-10H2,1H3. The molecule has 1 aromatic carbocycles. The van der Waals surface area contributed by atoms with Crippen molar-refractivity contribution in [2.75, 3.05) is 30.3 Å². The van der Waals surface area contributed by atoms with Crippen molar-refractivity contribution in [2.45, 2.75) is 38.3 Å². The van der Waals surface area contributed by atoms with Crippen LogP contribution in [0, 0.1) is 10.1 Å². The molecule has 1 aliphatic heterocycles. The second kappa shape index (κ2) is 5.89. The number of nitro benzene ring substituents is 1. The molecule has 1 saturated heterocycles. The monoisotopic (exact) mass is 290 g/mol. The maximum absolute atomic E-state index is 11.4. The fraction of sp³-hybridized carbons (Fsp3) is 0.600. The third-order valence-corrected chi connectivity index (χ3v) is 4.23. The van der Waals surface area contributed by atoms with E-state index in [4.69, 9.17) is 0 Å². The van der Waals surface area contributed by atoms with Crippen molar-refractivity contribution in [1.82, 2.24) is 4.90 Å². The summed E-state index contributed by atoms with van der Waals surface area (Å²) in [7, 11) is 0. The molecule has 1 aromatic rings. The number of nitro groups is 1. The number of nitrogens with one attached hydrogen (secondary N) is 2. The highest BCUT2D eigenvalue weighted by Gasteiger charge is 2.35. The molecule has 2 fully saturated rings. The number of nitrogens with zero attached hydrogens (tertiary/aromatic N) is 2. The van der Waals surface area contributed by atoms with Crippen LogP contribution in [0.5, 0.6) is 0 Å². The van der Waals surface area contributed by atoms with E-state index in [0.717, 1.165) is 25.6 Å². The molecule has 1 aliphatic carbocycles. The van der Waals surface area contributed by atoms with Crippen molar-refractivity contribution in [1.29, 1.82) is 0 Å². The van der Waals surface area contributed by atoms with Gasteiger partial charge in [-0.3, -0.25) is 15.0 Å². The molecule has 0 amide bonds. The highest BCUT2D eigenvalue weighted by molar-refractivity contribution is 5.76. The maximum Gasteiger partial charge on any atom is 0.315 e. The van der Waals surface area contributed by atoms with E-state index < -0.39 is 0 Å². The third kappa shape index (κ3) is 3.10. The van der Waals surface area contributed by atoms with Crippen LogP contribution >= 0.6 is 0 Å². The minimum Gasteiger partial charge on any atom is -0.380 e. The minimum atomic E-state index is -0.298. The molecule has 2 N–H and O–H groups in total. The van der Waals surface area contributed by atoms with Gasteiger partial charge in [-0.2, -0.15) is 0 Å². The third-order valence-electron chi connectivity index (χ3n) is 4.23. The first kappa shape index (κ1) is 14.1. The van der Waals surface area contributed by atoms with Crippen LogP contribution in [0.25, 0.3) is 0 Å². The first-order valence-corrected chi connectivity index (χ1v) is 7.71. The summed E-state index contributed by atoms with van der Waals surface area (Å²) in [6.45, 7) is 4.70. The van der Waals surface area contributed by atoms with Crippen molar-refractivity contribution >= 4 is 17.1 Å². The summed E-state index contributed by atoms with van der Waals surface area (Å²) in [5, 5.41) is 17.8. The van der Waals surface area contributed by atoms with Crippen LogP contribution in [0.4, 0.5) is 17.1 Å². The summed E-state index contributed by atoms with van der Waals surface area (Å²) >= 11 is 0. The van der Waals surface area contributed by atoms with E-state index in [2.05, 4.69) is 15.5 Å². The topological polar surface area (TPSA) is 70.4 Å². The van der Waals surface area contributed by atoms with E-state index >= 15 is 0 Å². The zero-order chi connectivity index (χ0) is 14.8. The highest BCUT2D eigenvalue weighted by atomic mass is 16.6. The lowest BCUT2D eigenvalue weighted by Crippen LogP contribution is -2.28. The fourth-order valence-corrected chi connectivity index (χ4v) is 3.09. The van der Waals surface area contributed by atoms with Gasteiger partial charge in [0.25, 0.3) is 0 Å². The van der Waals surface area contributed by atoms with Crippen LogP contribution in [0.15, 0.2) is 18.2 Å². The number of hydrogen-bond donors (Lipinski definition) is 2. The van der Waals surface area contributed by atoms with Gasteiger partial charge in [0.1, 0.15) is 11.4 Å². The highest BCUT2D eigenvalue weighted by Crippen LogP contribution is 2.35. The number of para-hydroxylation sites is 1. The Kier molecular flexibility index (Phi) is 3.96. The number of rotatable bonds is 6. The minimum absolute atomic E-state index is 0.157. The molecule has 6 heteroatoms. The first-order valence-electron chi connectivity index (χ1n) is 7.71. The molecular formula is C15H22N4O2. The number of benzene rings is 1. The van der Waals surface area contributed by atoms with Gasteiger partial charge in [-0.25, -0.2) is 0 Å². The molecule has 0 aromatic heterocycles. The number of hydrogen-bond acceptors (Lipinski definition) is 5. The number of anilines is 2. The normalized spacial score (nSPS) is 22.2. The summed E-state index contributed by atoms with van der Waals surface area (Å²) in [6.07, 6.45) is 3.67. The van der Waals surface area contributed by atoms with Gasteiger partial charge in [0.2, 0.25) is 0 Å². The van der Waals surface area contributed by atoms with E-state index in [-0.39, 0.29) is 10.6 Å². The predicted octanol–water partition coefficient (Wildman–Crippen LogP) is 2.68. The van der Waals surface area contributed by atoms with Crippen LogP contribution in [0.1, 0.15) is 26.2 Å². The molecule has 2 aliphatic rings. The summed E-state index contributed by atoms with van der Waals surface area (Å²) in [5.74, 6) is 0. The summed E-state index contributed by atoms with van der Waals surface area (Å²) in [6, 6.07) is 6.50. The molecule has 21 heavy (non-hydrogen) atoms. The Hall–Kier alpha value is -1.82. The maximum atomic E-state index is 11.4. The Bertz CT molecular complexity index is 530. The van der Waals surface area contributed by atoms with Gasteiger partial charge >= 0.3 is 5.69 Å². The van der Waals surface area contributed by atoms with Crippen LogP contribution < -0.4 is 10.6 Å². The Morgan fingerprint density at radius 2 is 2.10 bits per heavy atom. The van der Waals surface area contributed by atoms with Gasteiger partial charge < -0.3 is 10.6 Å². The molecule has 1 atom stereocenters. The second-order valence-corrected chi connectivity index (χ2v) is 5.85. The Balaban J connectivity index is 1.75. The van der Waals surface area contributed by atoms with Crippen molar-refractivity contribution < 1.29 is 4.92 Å². The molecule has 1 unspecified atom stereocenters. The first-order chi connectivity index (χ1) is 10.2. The van der Waals surface area contributed by atoms with E-state index in [0.29, 0.717) is 24.0 Å². The van der Waals surface area contributed by atoms with Crippen molar-refractivity contribution in [2.24, 2.45) is 0 Å². The van der Waals surface area contributed by atoms with E-state index in [1.807, 2.05) is 13.0 Å². The van der Waals surface area contributed by atoms with E-state index in [1.54, 1.807) is 12.1 Å². The van der Waals surface area contributed by atoms with Crippen molar-refractivity contribution in [3.63, 3.8) is 0 Å². The van der Waals surface area contributed by atoms with E-state index in [9.17, 15) is 10.1 Å². The second-order valence-electron chi connectivity index (χ2n) is 5.85. The smallest absolute Gasteiger partial charge is 0.315 e. The summed E-state index contributed by atoms with van der Waals surface area (Å²) in [5.41, 5.74) is 1.37. The molecule has 114 valence electrons. The summed E-state index contributed by atoms with van der Waals surface area (Å²) in [4.78, 5) is 13.6. The fourth-order valence-electron chi connectivity index (χ4n) is 3.09. The number of likely N-dealkylation sites (tertiary alicyclic amines) is 1. The van der Waals surface area contributed by atoms with Gasteiger partial charge in [0.05, 0.1) is 4.92 Å². The van der Waals surface area contributed by atoms with Gasteiger partial charge in [0.15, 0.2) is 0 Å². The molecule has 0 bridgehead atoms. The SMILES string of the molecule is CCNc1cccc(NC2CCN(C3CC3)C2)c1[N+](=O)[O-]. The van der Waals surface area contributed by atoms with Crippen LogP contribution in [-0.2, 0) is 0 Å². The average Bonchev–Trinajstić information content (AvgIpc) is 3.20. The molecule has 0 radical (unpaired) electrons. The van der Waals surface area contributed by atoms with Crippen molar-refractivity contribution in [3.05, 3.63) is 28.3 Å². The van der Waals surface area contributed by atoms with Crippen molar-refractivity contribution in [3.8, 4) is 0 Å². The Morgan fingerprint density at radius 3 is 2.76 bits per heavy atom.